The predicted octanol–water partition coefficient (Wildman–Crippen LogP) is 3.92. The molecule has 1 fully saturated rings. The molecule has 1 aromatic heterocycles. The van der Waals surface area contributed by atoms with Gasteiger partial charge in [-0.1, -0.05) is 6.92 Å². The molecule has 2 heteroatoms. The number of hydrogen-bond acceptors (Lipinski definition) is 2. The fourth-order valence-electron chi connectivity index (χ4n) is 3.75. The summed E-state index contributed by atoms with van der Waals surface area (Å²) in [5.41, 5.74) is 5.44. The molecule has 1 aliphatic carbocycles. The first-order valence-corrected chi connectivity index (χ1v) is 8.13. The minimum absolute atomic E-state index is 0.804. The minimum Gasteiger partial charge on any atom is -0.306 e. The molecule has 0 spiro atoms. The lowest BCUT2D eigenvalue weighted by molar-refractivity contribution is 0.289. The molecule has 2 rings (SSSR count). The Morgan fingerprint density at radius 2 is 2.00 bits per heavy atom. The van der Waals surface area contributed by atoms with Gasteiger partial charge in [0, 0.05) is 17.4 Å². The molecule has 0 bridgehead atoms. The van der Waals surface area contributed by atoms with E-state index >= 15 is 0 Å². The van der Waals surface area contributed by atoms with E-state index in [1.165, 1.54) is 48.2 Å². The van der Waals surface area contributed by atoms with E-state index in [4.69, 9.17) is 4.98 Å². The summed E-state index contributed by atoms with van der Waals surface area (Å²) in [6.45, 7) is 6.60. The van der Waals surface area contributed by atoms with Crippen LogP contribution in [0.5, 0.6) is 0 Å². The lowest BCUT2D eigenvalue weighted by Gasteiger charge is -2.19. The normalized spacial score (nSPS) is 22.7. The summed E-state index contributed by atoms with van der Waals surface area (Å²) >= 11 is 0. The maximum absolute atomic E-state index is 4.81. The third-order valence-electron chi connectivity index (χ3n) is 4.95. The first kappa shape index (κ1) is 15.5. The van der Waals surface area contributed by atoms with Crippen LogP contribution < -0.4 is 0 Å². The Bertz CT molecular complexity index is 451. The SMILES string of the molecule is CCc1c(C)cc(C)nc1CC[C@@H]1CCC(N(C)C)C1. The van der Waals surface area contributed by atoms with Crippen molar-refractivity contribution in [1.29, 1.82) is 0 Å². The van der Waals surface area contributed by atoms with Crippen LogP contribution >= 0.6 is 0 Å². The summed E-state index contributed by atoms with van der Waals surface area (Å²) in [5, 5.41) is 0. The van der Waals surface area contributed by atoms with Gasteiger partial charge in [0.05, 0.1) is 0 Å². The van der Waals surface area contributed by atoms with Crippen molar-refractivity contribution >= 4 is 0 Å². The van der Waals surface area contributed by atoms with Crippen LogP contribution in [0.1, 0.15) is 55.1 Å². The molecular weight excluding hydrogens is 244 g/mol. The number of rotatable bonds is 5. The van der Waals surface area contributed by atoms with Crippen LogP contribution in [-0.4, -0.2) is 30.0 Å². The van der Waals surface area contributed by atoms with Crippen molar-refractivity contribution in [2.75, 3.05) is 14.1 Å². The number of pyridine rings is 1. The standard InChI is InChI=1S/C18H30N2/c1-6-17-13(2)11-14(3)19-18(17)10-8-15-7-9-16(12-15)20(4)5/h11,15-16H,6-10,12H2,1-5H3/t15-,16?/m0/s1. The van der Waals surface area contributed by atoms with Gasteiger partial charge in [-0.3, -0.25) is 4.98 Å². The maximum atomic E-state index is 4.81. The van der Waals surface area contributed by atoms with Gasteiger partial charge in [-0.15, -0.1) is 0 Å². The van der Waals surface area contributed by atoms with Crippen molar-refractivity contribution in [2.45, 2.75) is 65.3 Å². The van der Waals surface area contributed by atoms with Gasteiger partial charge in [0.15, 0.2) is 0 Å². The molecular formula is C18H30N2. The van der Waals surface area contributed by atoms with Crippen LogP contribution in [0.15, 0.2) is 6.07 Å². The van der Waals surface area contributed by atoms with Crippen LogP contribution in [0.3, 0.4) is 0 Å². The summed E-state index contributed by atoms with van der Waals surface area (Å²) < 4.78 is 0. The second-order valence-corrected chi connectivity index (χ2v) is 6.69. The second kappa shape index (κ2) is 6.71. The molecule has 0 aromatic carbocycles. The van der Waals surface area contributed by atoms with Crippen LogP contribution in [0.2, 0.25) is 0 Å². The topological polar surface area (TPSA) is 16.1 Å². The lowest BCUT2D eigenvalue weighted by Crippen LogP contribution is -2.24. The minimum atomic E-state index is 0.804. The van der Waals surface area contributed by atoms with E-state index in [2.05, 4.69) is 45.8 Å². The van der Waals surface area contributed by atoms with Crippen molar-refractivity contribution in [2.24, 2.45) is 5.92 Å². The first-order chi connectivity index (χ1) is 9.51. The Balaban J connectivity index is 1.98. The van der Waals surface area contributed by atoms with Crippen molar-refractivity contribution in [3.63, 3.8) is 0 Å². The molecule has 20 heavy (non-hydrogen) atoms. The van der Waals surface area contributed by atoms with Crippen molar-refractivity contribution in [3.8, 4) is 0 Å². The Kier molecular flexibility index (Phi) is 5.20. The Hall–Kier alpha value is -0.890. The molecule has 2 nitrogen and oxygen atoms in total. The fraction of sp³-hybridized carbons (Fsp3) is 0.722. The predicted molar refractivity (Wildman–Crippen MR) is 86.2 cm³/mol. The highest BCUT2D eigenvalue weighted by Gasteiger charge is 2.25. The molecule has 1 aliphatic rings. The zero-order valence-corrected chi connectivity index (χ0v) is 13.9. The highest BCUT2D eigenvalue weighted by atomic mass is 15.1. The average molecular weight is 274 g/mol. The molecule has 1 heterocycles. The summed E-state index contributed by atoms with van der Waals surface area (Å²) in [5.74, 6) is 0.898. The zero-order chi connectivity index (χ0) is 14.7. The van der Waals surface area contributed by atoms with Gasteiger partial charge < -0.3 is 4.90 Å². The van der Waals surface area contributed by atoms with E-state index in [-0.39, 0.29) is 0 Å². The molecule has 2 atom stereocenters. The van der Waals surface area contributed by atoms with Crippen LogP contribution in [-0.2, 0) is 12.8 Å². The van der Waals surface area contributed by atoms with Gasteiger partial charge in [0.1, 0.15) is 0 Å². The number of hydrogen-bond donors (Lipinski definition) is 0. The van der Waals surface area contributed by atoms with Crippen LogP contribution in [0.25, 0.3) is 0 Å². The quantitative estimate of drug-likeness (QED) is 0.809. The largest absolute Gasteiger partial charge is 0.306 e. The number of nitrogens with zero attached hydrogens (tertiary/aromatic N) is 2. The van der Waals surface area contributed by atoms with E-state index in [1.807, 2.05) is 0 Å². The van der Waals surface area contributed by atoms with E-state index in [9.17, 15) is 0 Å². The fourth-order valence-corrected chi connectivity index (χ4v) is 3.75. The average Bonchev–Trinajstić information content (AvgIpc) is 2.84. The second-order valence-electron chi connectivity index (χ2n) is 6.69. The summed E-state index contributed by atoms with van der Waals surface area (Å²) in [4.78, 5) is 7.20. The van der Waals surface area contributed by atoms with Gasteiger partial charge in [0.2, 0.25) is 0 Å². The van der Waals surface area contributed by atoms with Crippen molar-refractivity contribution in [1.82, 2.24) is 9.88 Å². The molecule has 1 unspecified atom stereocenters. The molecule has 0 radical (unpaired) electrons. The van der Waals surface area contributed by atoms with Gasteiger partial charge in [-0.2, -0.15) is 0 Å². The summed E-state index contributed by atoms with van der Waals surface area (Å²) in [6.07, 6.45) is 7.73. The van der Waals surface area contributed by atoms with Gasteiger partial charge in [0.25, 0.3) is 0 Å². The Morgan fingerprint density at radius 1 is 1.25 bits per heavy atom. The lowest BCUT2D eigenvalue weighted by atomic mass is 9.95. The first-order valence-electron chi connectivity index (χ1n) is 8.13. The van der Waals surface area contributed by atoms with Crippen molar-refractivity contribution < 1.29 is 0 Å². The van der Waals surface area contributed by atoms with E-state index in [1.54, 1.807) is 0 Å². The zero-order valence-electron chi connectivity index (χ0n) is 13.9. The molecule has 0 saturated heterocycles. The third-order valence-corrected chi connectivity index (χ3v) is 4.95. The molecule has 0 N–H and O–H groups in total. The summed E-state index contributed by atoms with van der Waals surface area (Å²) in [7, 11) is 4.43. The maximum Gasteiger partial charge on any atom is 0.0441 e. The van der Waals surface area contributed by atoms with Crippen LogP contribution in [0, 0.1) is 19.8 Å². The highest BCUT2D eigenvalue weighted by molar-refractivity contribution is 5.31. The molecule has 1 aromatic rings. The number of aromatic nitrogens is 1. The van der Waals surface area contributed by atoms with Crippen LogP contribution in [0.4, 0.5) is 0 Å². The molecule has 0 aliphatic heterocycles. The van der Waals surface area contributed by atoms with E-state index < -0.39 is 0 Å². The van der Waals surface area contributed by atoms with Gasteiger partial charge >= 0.3 is 0 Å². The smallest absolute Gasteiger partial charge is 0.0441 e. The molecule has 1 saturated carbocycles. The van der Waals surface area contributed by atoms with Gasteiger partial charge in [-0.25, -0.2) is 0 Å². The third kappa shape index (κ3) is 3.60. The highest BCUT2D eigenvalue weighted by Crippen LogP contribution is 2.32. The van der Waals surface area contributed by atoms with Gasteiger partial charge in [-0.05, 0) is 89.6 Å². The van der Waals surface area contributed by atoms with Crippen molar-refractivity contribution in [3.05, 3.63) is 28.6 Å². The van der Waals surface area contributed by atoms with E-state index in [0.29, 0.717) is 0 Å². The Morgan fingerprint density at radius 3 is 2.60 bits per heavy atom. The molecule has 0 amide bonds. The molecule has 112 valence electrons. The van der Waals surface area contributed by atoms with E-state index in [0.717, 1.165) is 24.8 Å². The summed E-state index contributed by atoms with van der Waals surface area (Å²) in [6, 6.07) is 3.03. The number of aryl methyl sites for hydroxylation is 3. The monoisotopic (exact) mass is 274 g/mol. The Labute approximate surface area is 124 Å².